The zero-order valence-electron chi connectivity index (χ0n) is 10.5. The fraction of sp³-hybridized carbons (Fsp3) is 0.600. The summed E-state index contributed by atoms with van der Waals surface area (Å²) in [5, 5.41) is 15.2. The summed E-state index contributed by atoms with van der Waals surface area (Å²) >= 11 is 5.95. The van der Waals surface area contributed by atoms with E-state index in [0.29, 0.717) is 5.92 Å². The van der Waals surface area contributed by atoms with Gasteiger partial charge in [0.25, 0.3) is 0 Å². The second kappa shape index (κ2) is 4.84. The fourth-order valence-corrected chi connectivity index (χ4v) is 3.77. The summed E-state index contributed by atoms with van der Waals surface area (Å²) in [6.45, 7) is 0.903. The summed E-state index contributed by atoms with van der Waals surface area (Å²) in [6, 6.07) is 8.33. The first-order valence-electron chi connectivity index (χ1n) is 6.90. The smallest absolute Gasteiger partial charge is 0.0706 e. The maximum atomic E-state index is 10.8. The Labute approximate surface area is 113 Å². The van der Waals surface area contributed by atoms with E-state index in [0.717, 1.165) is 30.8 Å². The Morgan fingerprint density at radius 3 is 2.72 bits per heavy atom. The predicted octanol–water partition coefficient (Wildman–Crippen LogP) is 3.30. The van der Waals surface area contributed by atoms with Crippen LogP contribution in [0.15, 0.2) is 24.3 Å². The topological polar surface area (TPSA) is 32.3 Å². The largest absolute Gasteiger partial charge is 0.389 e. The Morgan fingerprint density at radius 1 is 1.17 bits per heavy atom. The Balaban J connectivity index is 1.88. The second-order valence-electron chi connectivity index (χ2n) is 5.69. The number of fused-ring (bicyclic) bond motifs is 1. The van der Waals surface area contributed by atoms with Crippen molar-refractivity contribution in [2.45, 2.75) is 43.7 Å². The van der Waals surface area contributed by atoms with E-state index in [1.807, 2.05) is 12.1 Å². The number of hydrogen-bond acceptors (Lipinski definition) is 2. The highest BCUT2D eigenvalue weighted by molar-refractivity contribution is 6.30. The van der Waals surface area contributed by atoms with E-state index in [1.54, 1.807) is 0 Å². The van der Waals surface area contributed by atoms with Crippen molar-refractivity contribution in [1.82, 2.24) is 5.32 Å². The first-order chi connectivity index (χ1) is 8.69. The van der Waals surface area contributed by atoms with Crippen LogP contribution in [-0.4, -0.2) is 17.3 Å². The third-order valence-corrected chi connectivity index (χ3v) is 4.87. The highest BCUT2D eigenvalue weighted by Crippen LogP contribution is 2.45. The van der Waals surface area contributed by atoms with Gasteiger partial charge in [-0.15, -0.1) is 0 Å². The van der Waals surface area contributed by atoms with Crippen molar-refractivity contribution < 1.29 is 5.11 Å². The van der Waals surface area contributed by atoms with Crippen LogP contribution in [0.25, 0.3) is 0 Å². The van der Waals surface area contributed by atoms with Gasteiger partial charge in [-0.2, -0.15) is 0 Å². The van der Waals surface area contributed by atoms with Gasteiger partial charge < -0.3 is 10.4 Å². The van der Waals surface area contributed by atoms with E-state index in [9.17, 15) is 5.11 Å². The Morgan fingerprint density at radius 2 is 1.94 bits per heavy atom. The Kier molecular flexibility index (Phi) is 3.35. The third kappa shape index (κ3) is 2.18. The minimum absolute atomic E-state index is 0.279. The van der Waals surface area contributed by atoms with Crippen molar-refractivity contribution in [1.29, 1.82) is 0 Å². The summed E-state index contributed by atoms with van der Waals surface area (Å²) in [6.07, 6.45) is 5.38. The summed E-state index contributed by atoms with van der Waals surface area (Å²) in [7, 11) is 0. The molecule has 2 N–H and O–H groups in total. The Hall–Kier alpha value is -0.570. The SMILES string of the molecule is O[C@]12CCCC[C@@H]1[C@@H](c1ccc(Cl)cc1)NCC2. The molecule has 2 fully saturated rings. The van der Waals surface area contributed by atoms with Crippen molar-refractivity contribution in [3.05, 3.63) is 34.9 Å². The number of aliphatic hydroxyl groups is 1. The fourth-order valence-electron chi connectivity index (χ4n) is 3.64. The van der Waals surface area contributed by atoms with Gasteiger partial charge in [-0.25, -0.2) is 0 Å². The van der Waals surface area contributed by atoms with Crippen molar-refractivity contribution in [3.8, 4) is 0 Å². The van der Waals surface area contributed by atoms with Gasteiger partial charge >= 0.3 is 0 Å². The van der Waals surface area contributed by atoms with Gasteiger partial charge in [-0.1, -0.05) is 36.6 Å². The monoisotopic (exact) mass is 265 g/mol. The lowest BCUT2D eigenvalue weighted by Crippen LogP contribution is -2.53. The van der Waals surface area contributed by atoms with Gasteiger partial charge in [0.2, 0.25) is 0 Å². The van der Waals surface area contributed by atoms with Crippen LogP contribution >= 0.6 is 11.6 Å². The highest BCUT2D eigenvalue weighted by atomic mass is 35.5. The lowest BCUT2D eigenvalue weighted by Gasteiger charge is -2.48. The lowest BCUT2D eigenvalue weighted by molar-refractivity contribution is -0.0861. The molecular weight excluding hydrogens is 246 g/mol. The molecule has 0 spiro atoms. The van der Waals surface area contributed by atoms with Gasteiger partial charge in [0, 0.05) is 17.0 Å². The molecule has 1 saturated heterocycles. The maximum absolute atomic E-state index is 10.8. The molecule has 3 atom stereocenters. The van der Waals surface area contributed by atoms with Crippen molar-refractivity contribution in [3.63, 3.8) is 0 Å². The molecule has 1 heterocycles. The molecule has 0 aromatic heterocycles. The van der Waals surface area contributed by atoms with Crippen molar-refractivity contribution in [2.24, 2.45) is 5.92 Å². The van der Waals surface area contributed by atoms with Gasteiger partial charge in [0.1, 0.15) is 0 Å². The number of nitrogens with one attached hydrogen (secondary N) is 1. The van der Waals surface area contributed by atoms with Crippen LogP contribution in [0, 0.1) is 5.92 Å². The number of piperidine rings is 1. The van der Waals surface area contributed by atoms with Crippen LogP contribution in [0.4, 0.5) is 0 Å². The molecule has 3 heteroatoms. The zero-order chi connectivity index (χ0) is 12.6. The molecule has 18 heavy (non-hydrogen) atoms. The normalized spacial score (nSPS) is 36.1. The van der Waals surface area contributed by atoms with Crippen LogP contribution in [0.1, 0.15) is 43.7 Å². The maximum Gasteiger partial charge on any atom is 0.0706 e. The molecule has 98 valence electrons. The lowest BCUT2D eigenvalue weighted by atomic mass is 9.67. The molecule has 0 amide bonds. The summed E-state index contributed by atoms with van der Waals surface area (Å²) < 4.78 is 0. The highest BCUT2D eigenvalue weighted by Gasteiger charge is 2.45. The molecule has 2 nitrogen and oxygen atoms in total. The predicted molar refractivity (Wildman–Crippen MR) is 73.7 cm³/mol. The van der Waals surface area contributed by atoms with Crippen molar-refractivity contribution >= 4 is 11.6 Å². The Bertz CT molecular complexity index is 415. The molecule has 0 radical (unpaired) electrons. The van der Waals surface area contributed by atoms with E-state index in [2.05, 4.69) is 17.4 Å². The van der Waals surface area contributed by atoms with Crippen LogP contribution in [0.2, 0.25) is 5.02 Å². The minimum atomic E-state index is -0.451. The number of halogens is 1. The van der Waals surface area contributed by atoms with E-state index in [4.69, 9.17) is 11.6 Å². The molecule has 1 aromatic rings. The molecule has 1 aliphatic heterocycles. The quantitative estimate of drug-likeness (QED) is 0.817. The molecule has 1 aromatic carbocycles. The van der Waals surface area contributed by atoms with Gasteiger partial charge in [-0.05, 0) is 43.5 Å². The van der Waals surface area contributed by atoms with Gasteiger partial charge in [-0.3, -0.25) is 0 Å². The first-order valence-corrected chi connectivity index (χ1v) is 7.28. The average Bonchev–Trinajstić information content (AvgIpc) is 2.38. The van der Waals surface area contributed by atoms with Crippen LogP contribution < -0.4 is 5.32 Å². The molecule has 2 aliphatic rings. The summed E-state index contributed by atoms with van der Waals surface area (Å²) in [5.41, 5.74) is 0.804. The van der Waals surface area contributed by atoms with E-state index in [-0.39, 0.29) is 6.04 Å². The van der Waals surface area contributed by atoms with E-state index >= 15 is 0 Å². The minimum Gasteiger partial charge on any atom is -0.389 e. The van der Waals surface area contributed by atoms with Crippen LogP contribution in [-0.2, 0) is 0 Å². The summed E-state index contributed by atoms with van der Waals surface area (Å²) in [4.78, 5) is 0. The van der Waals surface area contributed by atoms with Gasteiger partial charge in [0.05, 0.1) is 5.60 Å². The number of rotatable bonds is 1. The molecule has 1 aliphatic carbocycles. The van der Waals surface area contributed by atoms with Crippen LogP contribution in [0.5, 0.6) is 0 Å². The third-order valence-electron chi connectivity index (χ3n) is 4.62. The van der Waals surface area contributed by atoms with E-state index in [1.165, 1.54) is 18.4 Å². The number of hydrogen-bond donors (Lipinski definition) is 2. The number of benzene rings is 1. The zero-order valence-corrected chi connectivity index (χ0v) is 11.3. The average molecular weight is 266 g/mol. The summed E-state index contributed by atoms with van der Waals surface area (Å²) in [5.74, 6) is 0.348. The van der Waals surface area contributed by atoms with E-state index < -0.39 is 5.60 Å². The second-order valence-corrected chi connectivity index (χ2v) is 6.13. The van der Waals surface area contributed by atoms with Crippen molar-refractivity contribution in [2.75, 3.05) is 6.54 Å². The molecule has 3 rings (SSSR count). The van der Waals surface area contributed by atoms with Gasteiger partial charge in [0.15, 0.2) is 0 Å². The standard InChI is InChI=1S/C15H20ClNO/c16-12-6-4-11(5-7-12)14-13-3-1-2-8-15(13,18)9-10-17-14/h4-7,13-14,17-18H,1-3,8-10H2/t13-,14-,15+/m1/s1. The molecule has 1 saturated carbocycles. The van der Waals surface area contributed by atoms with Crippen LogP contribution in [0.3, 0.4) is 0 Å². The molecular formula is C15H20ClNO. The molecule has 0 unspecified atom stereocenters. The first kappa shape index (κ1) is 12.5. The molecule has 0 bridgehead atoms.